The molecular weight excluding hydrogens is 387 g/mol. The highest BCUT2D eigenvalue weighted by atomic mass is 35.5. The first-order valence-corrected chi connectivity index (χ1v) is 10.0. The Hall–Kier alpha value is -1.88. The van der Waals surface area contributed by atoms with Crippen molar-refractivity contribution in [1.82, 2.24) is 9.47 Å². The van der Waals surface area contributed by atoms with Crippen molar-refractivity contribution in [3.05, 3.63) is 88.2 Å². The Morgan fingerprint density at radius 2 is 1.77 bits per heavy atom. The number of rotatable bonds is 3. The third kappa shape index (κ3) is 3.37. The van der Waals surface area contributed by atoms with Crippen molar-refractivity contribution in [2.75, 3.05) is 12.3 Å². The molecule has 0 radical (unpaired) electrons. The van der Waals surface area contributed by atoms with E-state index in [9.17, 15) is 4.79 Å². The predicted molar refractivity (Wildman–Crippen MR) is 108 cm³/mol. The summed E-state index contributed by atoms with van der Waals surface area (Å²) in [5.74, 6) is 0.904. The van der Waals surface area contributed by atoms with Gasteiger partial charge in [-0.05, 0) is 48.5 Å². The van der Waals surface area contributed by atoms with Crippen LogP contribution in [0.4, 0.5) is 0 Å². The van der Waals surface area contributed by atoms with E-state index in [1.807, 2.05) is 70.4 Å². The Balaban J connectivity index is 1.58. The predicted octanol–water partition coefficient (Wildman–Crippen LogP) is 5.67. The summed E-state index contributed by atoms with van der Waals surface area (Å²) in [5.41, 5.74) is 2.63. The van der Waals surface area contributed by atoms with E-state index in [2.05, 4.69) is 0 Å². The van der Waals surface area contributed by atoms with Crippen LogP contribution in [-0.4, -0.2) is 27.7 Å². The van der Waals surface area contributed by atoms with E-state index >= 15 is 0 Å². The Labute approximate surface area is 166 Å². The number of halogens is 2. The first-order chi connectivity index (χ1) is 12.6. The van der Waals surface area contributed by atoms with Crippen molar-refractivity contribution in [1.29, 1.82) is 0 Å². The van der Waals surface area contributed by atoms with Gasteiger partial charge in [0.15, 0.2) is 0 Å². The maximum Gasteiger partial charge on any atom is 0.255 e. The molecule has 1 aromatic heterocycles. The molecule has 4 rings (SSSR count). The highest BCUT2D eigenvalue weighted by molar-refractivity contribution is 7.99. The van der Waals surface area contributed by atoms with Gasteiger partial charge in [-0.3, -0.25) is 4.79 Å². The van der Waals surface area contributed by atoms with E-state index < -0.39 is 0 Å². The molecule has 0 aliphatic carbocycles. The fourth-order valence-corrected chi connectivity index (χ4v) is 4.95. The number of hydrogen-bond donors (Lipinski definition) is 0. The second-order valence-electron chi connectivity index (χ2n) is 6.02. The second-order valence-corrected chi connectivity index (χ2v) is 8.06. The van der Waals surface area contributed by atoms with Crippen molar-refractivity contribution in [3.8, 4) is 5.69 Å². The first-order valence-electron chi connectivity index (χ1n) is 8.24. The molecule has 0 N–H and O–H groups in total. The molecule has 1 fully saturated rings. The maximum atomic E-state index is 13.0. The molecule has 3 nitrogen and oxygen atoms in total. The lowest BCUT2D eigenvalue weighted by Gasteiger charge is -2.25. The fraction of sp³-hybridized carbons (Fsp3) is 0.150. The molecule has 1 unspecified atom stereocenters. The number of carbonyl (C=O) groups is 1. The minimum absolute atomic E-state index is 0.0186. The van der Waals surface area contributed by atoms with Crippen LogP contribution in [0.5, 0.6) is 0 Å². The molecular formula is C20H16Cl2N2OS. The van der Waals surface area contributed by atoms with Gasteiger partial charge >= 0.3 is 0 Å². The molecule has 2 heterocycles. The quantitative estimate of drug-likeness (QED) is 0.563. The zero-order valence-electron chi connectivity index (χ0n) is 13.8. The summed E-state index contributed by atoms with van der Waals surface area (Å²) in [7, 11) is 0. The van der Waals surface area contributed by atoms with Crippen LogP contribution < -0.4 is 0 Å². The summed E-state index contributed by atoms with van der Waals surface area (Å²) < 4.78 is 2.01. The summed E-state index contributed by atoms with van der Waals surface area (Å²) in [6.45, 7) is 0.701. The highest BCUT2D eigenvalue weighted by Crippen LogP contribution is 2.42. The molecule has 1 aliphatic heterocycles. The zero-order valence-corrected chi connectivity index (χ0v) is 16.1. The van der Waals surface area contributed by atoms with Crippen LogP contribution in [0.3, 0.4) is 0 Å². The van der Waals surface area contributed by atoms with E-state index in [1.165, 1.54) is 0 Å². The Morgan fingerprint density at radius 1 is 1.04 bits per heavy atom. The molecule has 132 valence electrons. The average Bonchev–Trinajstić information content (AvgIpc) is 3.33. The molecule has 0 spiro atoms. The Morgan fingerprint density at radius 3 is 2.46 bits per heavy atom. The third-order valence-electron chi connectivity index (χ3n) is 4.40. The summed E-state index contributed by atoms with van der Waals surface area (Å²) in [6.07, 6.45) is 3.96. The van der Waals surface area contributed by atoms with Crippen molar-refractivity contribution < 1.29 is 4.79 Å². The highest BCUT2D eigenvalue weighted by Gasteiger charge is 2.32. The van der Waals surface area contributed by atoms with Crippen LogP contribution >= 0.6 is 35.0 Å². The molecule has 3 aromatic rings. The first kappa shape index (κ1) is 17.5. The number of hydrogen-bond acceptors (Lipinski definition) is 2. The number of amides is 1. The number of carbonyl (C=O) groups excluding carboxylic acids is 1. The van der Waals surface area contributed by atoms with Crippen molar-refractivity contribution in [2.24, 2.45) is 0 Å². The van der Waals surface area contributed by atoms with E-state index in [0.29, 0.717) is 22.2 Å². The van der Waals surface area contributed by atoms with Crippen LogP contribution in [0.15, 0.2) is 67.0 Å². The third-order valence-corrected chi connectivity index (χ3v) is 6.20. The van der Waals surface area contributed by atoms with Gasteiger partial charge < -0.3 is 9.47 Å². The van der Waals surface area contributed by atoms with E-state index in [1.54, 1.807) is 17.8 Å². The summed E-state index contributed by atoms with van der Waals surface area (Å²) in [5, 5.41) is 1.11. The normalized spacial score (nSPS) is 16.8. The zero-order chi connectivity index (χ0) is 18.1. The fourth-order valence-electron chi connectivity index (χ4n) is 3.09. The lowest BCUT2D eigenvalue weighted by Crippen LogP contribution is -2.30. The van der Waals surface area contributed by atoms with Crippen molar-refractivity contribution in [2.45, 2.75) is 5.37 Å². The molecule has 2 aromatic carbocycles. The molecule has 1 aliphatic rings. The molecule has 0 bridgehead atoms. The Kier molecular flexibility index (Phi) is 4.98. The second kappa shape index (κ2) is 7.39. The number of nitrogens with zero attached hydrogens (tertiary/aromatic N) is 2. The molecule has 6 heteroatoms. The minimum Gasteiger partial charge on any atom is -0.324 e. The summed E-state index contributed by atoms with van der Waals surface area (Å²) in [6, 6.07) is 17.1. The number of thioether (sulfide) groups is 1. The van der Waals surface area contributed by atoms with Crippen LogP contribution in [0.1, 0.15) is 21.3 Å². The standard InChI is InChI=1S/C20H16Cl2N2OS/c21-15-5-8-17(18(22)13-15)20-24(11-12-26-20)19(25)14-3-6-16(7-4-14)23-9-1-2-10-23/h1-10,13,20H,11-12H2. The van der Waals surface area contributed by atoms with Crippen molar-refractivity contribution in [3.63, 3.8) is 0 Å². The summed E-state index contributed by atoms with van der Waals surface area (Å²) >= 11 is 14.1. The molecule has 26 heavy (non-hydrogen) atoms. The smallest absolute Gasteiger partial charge is 0.255 e. The van der Waals surface area contributed by atoms with Gasteiger partial charge in [-0.15, -0.1) is 11.8 Å². The van der Waals surface area contributed by atoms with Crippen molar-refractivity contribution >= 4 is 40.9 Å². The van der Waals surface area contributed by atoms with E-state index in [0.717, 1.165) is 17.0 Å². The Bertz CT molecular complexity index is 925. The lowest BCUT2D eigenvalue weighted by molar-refractivity contribution is 0.0760. The SMILES string of the molecule is O=C(c1ccc(-n2cccc2)cc1)N1CCSC1c1ccc(Cl)cc1Cl. The lowest BCUT2D eigenvalue weighted by atomic mass is 10.1. The molecule has 1 atom stereocenters. The van der Waals surface area contributed by atoms with Crippen LogP contribution in [0.2, 0.25) is 10.0 Å². The molecule has 0 saturated carbocycles. The number of benzene rings is 2. The molecule has 1 amide bonds. The maximum absolute atomic E-state index is 13.0. The monoisotopic (exact) mass is 402 g/mol. The van der Waals surface area contributed by atoms with Gasteiger partial charge in [-0.25, -0.2) is 0 Å². The average molecular weight is 403 g/mol. The van der Waals surface area contributed by atoms with Gasteiger partial charge in [0, 0.05) is 51.6 Å². The minimum atomic E-state index is -0.0867. The van der Waals surface area contributed by atoms with Gasteiger partial charge in [0.2, 0.25) is 0 Å². The van der Waals surface area contributed by atoms with Crippen LogP contribution in [-0.2, 0) is 0 Å². The van der Waals surface area contributed by atoms with Gasteiger partial charge in [0.1, 0.15) is 5.37 Å². The largest absolute Gasteiger partial charge is 0.324 e. The topological polar surface area (TPSA) is 25.2 Å². The van der Waals surface area contributed by atoms with E-state index in [-0.39, 0.29) is 11.3 Å². The summed E-state index contributed by atoms with van der Waals surface area (Å²) in [4.78, 5) is 14.9. The van der Waals surface area contributed by atoms with Gasteiger partial charge in [-0.1, -0.05) is 29.3 Å². The van der Waals surface area contributed by atoms with Gasteiger partial charge in [0.25, 0.3) is 5.91 Å². The number of aromatic nitrogens is 1. The van der Waals surface area contributed by atoms with Crippen LogP contribution in [0, 0.1) is 0 Å². The van der Waals surface area contributed by atoms with Crippen LogP contribution in [0.25, 0.3) is 5.69 Å². The molecule has 1 saturated heterocycles. The van der Waals surface area contributed by atoms with Gasteiger partial charge in [-0.2, -0.15) is 0 Å². The van der Waals surface area contributed by atoms with Gasteiger partial charge in [0.05, 0.1) is 0 Å². The van der Waals surface area contributed by atoms with E-state index in [4.69, 9.17) is 23.2 Å².